The van der Waals surface area contributed by atoms with Gasteiger partial charge >= 0.3 is 6.18 Å². The quantitative estimate of drug-likeness (QED) is 0.664. The minimum absolute atomic E-state index is 0.0450. The minimum Gasteiger partial charge on any atom is -0.482 e. The molecule has 2 aromatic rings. The van der Waals surface area contributed by atoms with Gasteiger partial charge in [-0.05, 0) is 43.4 Å². The normalized spacial score (nSPS) is 12.6. The number of hydrogen-bond acceptors (Lipinski definition) is 5. The van der Waals surface area contributed by atoms with Gasteiger partial charge in [-0.15, -0.1) is 0 Å². The molecule has 7 nitrogen and oxygen atoms in total. The van der Waals surface area contributed by atoms with Gasteiger partial charge in [-0.2, -0.15) is 13.2 Å². The molecule has 2 rings (SSSR count). The van der Waals surface area contributed by atoms with E-state index in [0.29, 0.717) is 0 Å². The molecule has 13 heteroatoms. The fourth-order valence-corrected chi connectivity index (χ4v) is 4.13. The van der Waals surface area contributed by atoms with Crippen LogP contribution >= 0.6 is 11.6 Å². The second kappa shape index (κ2) is 8.15. The lowest BCUT2D eigenvalue weighted by Gasteiger charge is -2.15. The van der Waals surface area contributed by atoms with Gasteiger partial charge in [0.15, 0.2) is 6.61 Å². The molecule has 2 N–H and O–H groups in total. The van der Waals surface area contributed by atoms with Gasteiger partial charge in [0.25, 0.3) is 10.0 Å². The van der Waals surface area contributed by atoms with Gasteiger partial charge in [0.2, 0.25) is 10.0 Å². The van der Waals surface area contributed by atoms with Crippen LogP contribution in [0.1, 0.15) is 0 Å². The highest BCUT2D eigenvalue weighted by Crippen LogP contribution is 2.31. The molecule has 2 aromatic carbocycles. The summed E-state index contributed by atoms with van der Waals surface area (Å²) in [6.45, 7) is -1.64. The number of alkyl halides is 3. The number of anilines is 1. The Balaban J connectivity index is 2.40. The second-order valence-electron chi connectivity index (χ2n) is 5.33. The summed E-state index contributed by atoms with van der Waals surface area (Å²) in [5.41, 5.74) is -0.335. The van der Waals surface area contributed by atoms with Gasteiger partial charge in [-0.25, -0.2) is 21.6 Å². The minimum atomic E-state index is -4.63. The van der Waals surface area contributed by atoms with Crippen LogP contribution in [0, 0.1) is 0 Å². The SMILES string of the molecule is CNS(=O)(=O)c1cccc(S(=O)(=O)Nc2cc(Cl)ccc2OCC(F)(F)F)c1. The molecule has 0 heterocycles. The number of sulfonamides is 2. The molecular weight excluding hydrogens is 445 g/mol. The van der Waals surface area contributed by atoms with Crippen LogP contribution in [0.15, 0.2) is 52.3 Å². The van der Waals surface area contributed by atoms with Crippen LogP contribution in [-0.4, -0.2) is 36.7 Å². The lowest BCUT2D eigenvalue weighted by molar-refractivity contribution is -0.153. The van der Waals surface area contributed by atoms with Gasteiger partial charge in [-0.3, -0.25) is 4.72 Å². The molecule has 0 spiro atoms. The largest absolute Gasteiger partial charge is 0.482 e. The highest BCUT2D eigenvalue weighted by atomic mass is 35.5. The fourth-order valence-electron chi connectivity index (χ4n) is 2.00. The summed E-state index contributed by atoms with van der Waals surface area (Å²) in [7, 11) is -7.11. The van der Waals surface area contributed by atoms with Gasteiger partial charge in [-0.1, -0.05) is 17.7 Å². The van der Waals surface area contributed by atoms with Crippen molar-refractivity contribution in [3.63, 3.8) is 0 Å². The zero-order valence-electron chi connectivity index (χ0n) is 14.1. The highest BCUT2D eigenvalue weighted by Gasteiger charge is 2.29. The summed E-state index contributed by atoms with van der Waals surface area (Å²) >= 11 is 5.79. The average molecular weight is 459 g/mol. The molecule has 0 fully saturated rings. The van der Waals surface area contributed by atoms with Crippen molar-refractivity contribution in [3.05, 3.63) is 47.5 Å². The Labute approximate surface area is 164 Å². The van der Waals surface area contributed by atoms with Crippen molar-refractivity contribution in [2.75, 3.05) is 18.4 Å². The molecule has 0 unspecified atom stereocenters. The monoisotopic (exact) mass is 458 g/mol. The van der Waals surface area contributed by atoms with E-state index >= 15 is 0 Å². The first-order valence-corrected chi connectivity index (χ1v) is 10.7. The lowest BCUT2D eigenvalue weighted by atomic mass is 10.3. The van der Waals surface area contributed by atoms with E-state index in [0.717, 1.165) is 31.3 Å². The molecule has 0 amide bonds. The standard InChI is InChI=1S/C15H14ClF3N2O5S2/c1-20-27(22,23)11-3-2-4-12(8-11)28(24,25)21-13-7-10(16)5-6-14(13)26-9-15(17,18)19/h2-8,20-21H,9H2,1H3. The van der Waals surface area contributed by atoms with Gasteiger partial charge < -0.3 is 4.74 Å². The second-order valence-corrected chi connectivity index (χ2v) is 9.34. The van der Waals surface area contributed by atoms with Crippen LogP contribution in [0.2, 0.25) is 5.02 Å². The Morgan fingerprint density at radius 1 is 1.00 bits per heavy atom. The molecule has 0 aliphatic carbocycles. The molecule has 0 bridgehead atoms. The number of ether oxygens (including phenoxy) is 1. The maximum absolute atomic E-state index is 12.6. The molecule has 0 atom stereocenters. The van der Waals surface area contributed by atoms with Gasteiger partial charge in [0.05, 0.1) is 15.5 Å². The van der Waals surface area contributed by atoms with Crippen LogP contribution in [-0.2, 0) is 20.0 Å². The third-order valence-electron chi connectivity index (χ3n) is 3.27. The number of rotatable bonds is 7. The van der Waals surface area contributed by atoms with Crippen LogP contribution in [0.25, 0.3) is 0 Å². The van der Waals surface area contributed by atoms with Crippen molar-refractivity contribution in [2.45, 2.75) is 16.0 Å². The Morgan fingerprint density at radius 3 is 2.18 bits per heavy atom. The summed E-state index contributed by atoms with van der Waals surface area (Å²) in [5, 5.41) is 0.0450. The van der Waals surface area contributed by atoms with E-state index in [9.17, 15) is 30.0 Å². The van der Waals surface area contributed by atoms with Crippen LogP contribution in [0.5, 0.6) is 5.75 Å². The van der Waals surface area contributed by atoms with Crippen LogP contribution < -0.4 is 14.2 Å². The molecule has 0 aliphatic heterocycles. The van der Waals surface area contributed by atoms with Gasteiger partial charge in [0.1, 0.15) is 5.75 Å². The zero-order chi connectivity index (χ0) is 21.2. The zero-order valence-corrected chi connectivity index (χ0v) is 16.5. The Kier molecular flexibility index (Phi) is 6.48. The molecule has 0 aliphatic rings. The van der Waals surface area contributed by atoms with Crippen molar-refractivity contribution < 1.29 is 34.7 Å². The number of halogens is 4. The molecule has 0 radical (unpaired) electrons. The van der Waals surface area contributed by atoms with Gasteiger partial charge in [0, 0.05) is 5.02 Å². The molecule has 28 heavy (non-hydrogen) atoms. The van der Waals surface area contributed by atoms with Crippen molar-refractivity contribution >= 4 is 37.3 Å². The third kappa shape index (κ3) is 5.74. The molecular formula is C15H14ClF3N2O5S2. The Morgan fingerprint density at radius 2 is 1.61 bits per heavy atom. The van der Waals surface area contributed by atoms with Crippen molar-refractivity contribution in [1.82, 2.24) is 4.72 Å². The maximum atomic E-state index is 12.6. The lowest BCUT2D eigenvalue weighted by Crippen LogP contribution is -2.21. The smallest absolute Gasteiger partial charge is 0.422 e. The van der Waals surface area contributed by atoms with E-state index in [2.05, 4.69) is 9.46 Å². The molecule has 0 saturated heterocycles. The average Bonchev–Trinajstić information content (AvgIpc) is 2.60. The summed E-state index contributed by atoms with van der Waals surface area (Å²) < 4.78 is 94.8. The molecule has 0 aromatic heterocycles. The maximum Gasteiger partial charge on any atom is 0.422 e. The van der Waals surface area contributed by atoms with Crippen molar-refractivity contribution in [3.8, 4) is 5.75 Å². The summed E-state index contributed by atoms with van der Waals surface area (Å²) in [4.78, 5) is -0.733. The number of hydrogen-bond donors (Lipinski definition) is 2. The topological polar surface area (TPSA) is 102 Å². The Bertz CT molecular complexity index is 1070. The molecule has 154 valence electrons. The third-order valence-corrected chi connectivity index (χ3v) is 6.28. The van der Waals surface area contributed by atoms with Crippen LogP contribution in [0.4, 0.5) is 18.9 Å². The van der Waals surface area contributed by atoms with E-state index in [-0.39, 0.29) is 15.6 Å². The molecule has 0 saturated carbocycles. The van der Waals surface area contributed by atoms with E-state index in [1.165, 1.54) is 18.2 Å². The van der Waals surface area contributed by atoms with Crippen molar-refractivity contribution in [2.24, 2.45) is 0 Å². The first-order chi connectivity index (χ1) is 12.8. The highest BCUT2D eigenvalue weighted by molar-refractivity contribution is 7.93. The van der Waals surface area contributed by atoms with E-state index in [4.69, 9.17) is 11.6 Å². The van der Waals surface area contributed by atoms with E-state index in [1.807, 2.05) is 4.72 Å². The predicted octanol–water partition coefficient (Wildman–Crippen LogP) is 2.99. The predicted molar refractivity (Wildman–Crippen MR) is 96.5 cm³/mol. The fraction of sp³-hybridized carbons (Fsp3) is 0.200. The summed E-state index contributed by atoms with van der Waals surface area (Å²) in [6, 6.07) is 7.78. The van der Waals surface area contributed by atoms with E-state index in [1.54, 1.807) is 0 Å². The van der Waals surface area contributed by atoms with E-state index < -0.39 is 43.5 Å². The number of benzene rings is 2. The number of nitrogens with one attached hydrogen (secondary N) is 2. The van der Waals surface area contributed by atoms with Crippen molar-refractivity contribution in [1.29, 1.82) is 0 Å². The summed E-state index contributed by atoms with van der Waals surface area (Å²) in [5.74, 6) is -0.399. The first-order valence-electron chi connectivity index (χ1n) is 7.39. The Hall–Kier alpha value is -2.02. The van der Waals surface area contributed by atoms with Crippen LogP contribution in [0.3, 0.4) is 0 Å². The summed E-state index contributed by atoms with van der Waals surface area (Å²) in [6.07, 6.45) is -4.63. The first kappa shape index (κ1) is 22.3.